The largest absolute Gasteiger partial charge is 0.508 e. The van der Waals surface area contributed by atoms with Crippen LogP contribution in [0, 0.1) is 0 Å². The summed E-state index contributed by atoms with van der Waals surface area (Å²) in [6, 6.07) is 18.2. The van der Waals surface area contributed by atoms with Crippen molar-refractivity contribution in [3.8, 4) is 11.5 Å². The number of ether oxygens (including phenoxy) is 1. The van der Waals surface area contributed by atoms with E-state index < -0.39 is 23.8 Å². The number of anilines is 2. The monoisotopic (exact) mass is 535 g/mol. The molecule has 3 aromatic rings. The van der Waals surface area contributed by atoms with Crippen molar-refractivity contribution in [2.24, 2.45) is 0 Å². The molecule has 0 radical (unpaired) electrons. The Morgan fingerprint density at radius 3 is 2.46 bits per heavy atom. The normalized spacial score (nSPS) is 14.6. The molecular formula is C25H18BrN3O6. The van der Waals surface area contributed by atoms with Gasteiger partial charge in [-0.15, -0.1) is 0 Å². The highest BCUT2D eigenvalue weighted by molar-refractivity contribution is 9.10. The second kappa shape index (κ2) is 10.2. The maximum Gasteiger partial charge on any atom is 0.335 e. The van der Waals surface area contributed by atoms with Crippen LogP contribution in [0.3, 0.4) is 0 Å². The molecule has 0 saturated carbocycles. The van der Waals surface area contributed by atoms with E-state index in [-0.39, 0.29) is 29.4 Å². The number of barbiturate groups is 1. The van der Waals surface area contributed by atoms with Crippen LogP contribution in [0.4, 0.5) is 16.2 Å². The molecule has 3 N–H and O–H groups in total. The van der Waals surface area contributed by atoms with Gasteiger partial charge in [-0.3, -0.25) is 19.7 Å². The van der Waals surface area contributed by atoms with Gasteiger partial charge in [-0.1, -0.05) is 34.1 Å². The summed E-state index contributed by atoms with van der Waals surface area (Å²) < 4.78 is 6.29. The zero-order valence-electron chi connectivity index (χ0n) is 18.0. The van der Waals surface area contributed by atoms with Gasteiger partial charge in [-0.05, 0) is 60.7 Å². The van der Waals surface area contributed by atoms with Gasteiger partial charge in [0.2, 0.25) is 0 Å². The zero-order chi connectivity index (χ0) is 24.9. The van der Waals surface area contributed by atoms with E-state index in [9.17, 15) is 24.3 Å². The van der Waals surface area contributed by atoms with Gasteiger partial charge in [0, 0.05) is 15.7 Å². The van der Waals surface area contributed by atoms with E-state index in [1.54, 1.807) is 42.5 Å². The Morgan fingerprint density at radius 2 is 1.74 bits per heavy atom. The number of amides is 5. The predicted molar refractivity (Wildman–Crippen MR) is 132 cm³/mol. The number of aromatic hydroxyl groups is 1. The molecule has 0 aliphatic carbocycles. The van der Waals surface area contributed by atoms with Gasteiger partial charge in [0.05, 0.1) is 5.69 Å². The van der Waals surface area contributed by atoms with Crippen molar-refractivity contribution in [1.29, 1.82) is 0 Å². The van der Waals surface area contributed by atoms with Crippen LogP contribution in [0.5, 0.6) is 11.5 Å². The summed E-state index contributed by atoms with van der Waals surface area (Å²) in [5.74, 6) is -1.91. The van der Waals surface area contributed by atoms with Crippen molar-refractivity contribution in [3.05, 3.63) is 88.4 Å². The number of nitrogens with zero attached hydrogens (tertiary/aromatic N) is 1. The first-order valence-corrected chi connectivity index (χ1v) is 11.1. The highest BCUT2D eigenvalue weighted by Crippen LogP contribution is 2.28. The van der Waals surface area contributed by atoms with Crippen LogP contribution in [-0.2, 0) is 14.4 Å². The smallest absolute Gasteiger partial charge is 0.335 e. The highest BCUT2D eigenvalue weighted by atomic mass is 79.9. The number of para-hydroxylation sites is 1. The van der Waals surface area contributed by atoms with Gasteiger partial charge in [-0.25, -0.2) is 9.69 Å². The van der Waals surface area contributed by atoms with Gasteiger partial charge in [0.15, 0.2) is 6.61 Å². The van der Waals surface area contributed by atoms with E-state index in [1.165, 1.54) is 30.3 Å². The SMILES string of the molecule is O=C(COc1ccc(Br)cc1/C=C1\C(=O)NC(=O)N(c2ccc(O)cc2)C1=O)Nc1ccccc1. The number of phenolic OH excluding ortho intramolecular Hbond substituents is 1. The molecule has 1 aliphatic heterocycles. The molecule has 35 heavy (non-hydrogen) atoms. The van der Waals surface area contributed by atoms with E-state index in [2.05, 4.69) is 26.6 Å². The molecule has 1 saturated heterocycles. The minimum atomic E-state index is -0.911. The summed E-state index contributed by atoms with van der Waals surface area (Å²) in [5, 5.41) is 14.3. The number of carbonyl (C=O) groups excluding carboxylic acids is 4. The lowest BCUT2D eigenvalue weighted by Crippen LogP contribution is -2.54. The van der Waals surface area contributed by atoms with Crippen molar-refractivity contribution < 1.29 is 29.0 Å². The van der Waals surface area contributed by atoms with Gasteiger partial charge >= 0.3 is 6.03 Å². The number of phenols is 1. The molecule has 3 aromatic carbocycles. The van der Waals surface area contributed by atoms with Crippen molar-refractivity contribution >= 4 is 57.1 Å². The minimum Gasteiger partial charge on any atom is -0.508 e. The van der Waals surface area contributed by atoms with Crippen LogP contribution in [0.15, 0.2) is 82.8 Å². The number of benzene rings is 3. The minimum absolute atomic E-state index is 0.0438. The van der Waals surface area contributed by atoms with Crippen molar-refractivity contribution in [1.82, 2.24) is 5.32 Å². The number of rotatable bonds is 6. The molecule has 9 nitrogen and oxygen atoms in total. The number of imide groups is 2. The Morgan fingerprint density at radius 1 is 1.03 bits per heavy atom. The van der Waals surface area contributed by atoms with E-state index in [0.717, 1.165) is 4.90 Å². The lowest BCUT2D eigenvalue weighted by Gasteiger charge is -2.26. The summed E-state index contributed by atoms with van der Waals surface area (Å²) in [6.07, 6.45) is 1.28. The van der Waals surface area contributed by atoms with E-state index in [0.29, 0.717) is 15.7 Å². The molecule has 5 amide bonds. The molecule has 1 heterocycles. The molecule has 0 bridgehead atoms. The fourth-order valence-corrected chi connectivity index (χ4v) is 3.65. The second-order valence-corrected chi connectivity index (χ2v) is 8.27. The lowest BCUT2D eigenvalue weighted by atomic mass is 10.1. The van der Waals surface area contributed by atoms with Crippen molar-refractivity contribution in [2.75, 3.05) is 16.8 Å². The average molecular weight is 536 g/mol. The maximum atomic E-state index is 13.1. The molecular weight excluding hydrogens is 518 g/mol. The van der Waals surface area contributed by atoms with Crippen LogP contribution in [-0.4, -0.2) is 35.5 Å². The molecule has 0 aromatic heterocycles. The quantitative estimate of drug-likeness (QED) is 0.325. The standard InChI is InChI=1S/C25H18BrN3O6/c26-16-6-11-21(35-14-22(31)27-17-4-2-1-3-5-17)15(12-16)13-20-23(32)28-25(34)29(24(20)33)18-7-9-19(30)10-8-18/h1-13,30H,14H2,(H,27,31)(H,28,32,34)/b20-13+. The van der Waals surface area contributed by atoms with E-state index in [4.69, 9.17) is 4.74 Å². The van der Waals surface area contributed by atoms with Crippen LogP contribution < -0.4 is 20.3 Å². The fraction of sp³-hybridized carbons (Fsp3) is 0.0400. The molecule has 176 valence electrons. The second-order valence-electron chi connectivity index (χ2n) is 7.36. The maximum absolute atomic E-state index is 13.1. The fourth-order valence-electron chi connectivity index (χ4n) is 3.27. The molecule has 1 aliphatic rings. The molecule has 0 atom stereocenters. The first-order valence-electron chi connectivity index (χ1n) is 10.3. The van der Waals surface area contributed by atoms with Crippen molar-refractivity contribution in [2.45, 2.75) is 0 Å². The third kappa shape index (κ3) is 5.56. The molecule has 10 heteroatoms. The van der Waals surface area contributed by atoms with Crippen LogP contribution in [0.2, 0.25) is 0 Å². The van der Waals surface area contributed by atoms with Crippen LogP contribution in [0.1, 0.15) is 5.56 Å². The summed E-state index contributed by atoms with van der Waals surface area (Å²) in [7, 11) is 0. The van der Waals surface area contributed by atoms with E-state index >= 15 is 0 Å². The molecule has 0 unspecified atom stereocenters. The summed E-state index contributed by atoms with van der Waals surface area (Å²) >= 11 is 3.34. The number of halogens is 1. The van der Waals surface area contributed by atoms with Gasteiger partial charge < -0.3 is 15.2 Å². The van der Waals surface area contributed by atoms with Crippen molar-refractivity contribution in [3.63, 3.8) is 0 Å². The molecule has 4 rings (SSSR count). The summed E-state index contributed by atoms with van der Waals surface area (Å²) in [5.41, 5.74) is 0.814. The third-order valence-corrected chi connectivity index (χ3v) is 5.39. The summed E-state index contributed by atoms with van der Waals surface area (Å²) in [6.45, 7) is -0.315. The van der Waals surface area contributed by atoms with Crippen LogP contribution >= 0.6 is 15.9 Å². The Hall–Kier alpha value is -4.44. The van der Waals surface area contributed by atoms with E-state index in [1.807, 2.05) is 6.07 Å². The lowest BCUT2D eigenvalue weighted by molar-refractivity contribution is -0.122. The van der Waals surface area contributed by atoms with Gasteiger partial charge in [0.25, 0.3) is 17.7 Å². The topological polar surface area (TPSA) is 125 Å². The Labute approximate surface area is 208 Å². The number of carbonyl (C=O) groups is 4. The first-order chi connectivity index (χ1) is 16.8. The number of nitrogens with one attached hydrogen (secondary N) is 2. The average Bonchev–Trinajstić information content (AvgIpc) is 2.83. The first kappa shape index (κ1) is 23.7. The molecule has 0 spiro atoms. The summed E-state index contributed by atoms with van der Waals surface area (Å²) in [4.78, 5) is 51.0. The predicted octanol–water partition coefficient (Wildman–Crippen LogP) is 3.84. The Kier molecular flexibility index (Phi) is 6.93. The third-order valence-electron chi connectivity index (χ3n) is 4.90. The molecule has 1 fully saturated rings. The zero-order valence-corrected chi connectivity index (χ0v) is 19.6. The highest BCUT2D eigenvalue weighted by Gasteiger charge is 2.37. The van der Waals surface area contributed by atoms with Crippen LogP contribution in [0.25, 0.3) is 6.08 Å². The Bertz CT molecular complexity index is 1340. The number of hydrogen-bond donors (Lipinski definition) is 3. The van der Waals surface area contributed by atoms with Gasteiger partial charge in [0.1, 0.15) is 17.1 Å². The van der Waals surface area contributed by atoms with Gasteiger partial charge in [-0.2, -0.15) is 0 Å². The number of hydrogen-bond acceptors (Lipinski definition) is 6. The number of urea groups is 1. The Balaban J connectivity index is 1.59.